The van der Waals surface area contributed by atoms with Crippen LogP contribution in [0, 0.1) is 0 Å². The zero-order valence-corrected chi connectivity index (χ0v) is 17.1. The van der Waals surface area contributed by atoms with Crippen molar-refractivity contribution in [2.45, 2.75) is 26.7 Å². The van der Waals surface area contributed by atoms with Crippen LogP contribution in [0.4, 0.5) is 0 Å². The highest BCUT2D eigenvalue weighted by atomic mass is 35.5. The number of amides is 1. The van der Waals surface area contributed by atoms with Gasteiger partial charge >= 0.3 is 0 Å². The van der Waals surface area contributed by atoms with Crippen LogP contribution in [-0.2, 0) is 11.2 Å². The van der Waals surface area contributed by atoms with Crippen molar-refractivity contribution < 1.29 is 19.0 Å². The second kappa shape index (κ2) is 11.2. The number of hydrogen-bond acceptors (Lipinski definition) is 5. The number of nitrogens with zero attached hydrogens (tertiary/aromatic N) is 1. The van der Waals surface area contributed by atoms with Gasteiger partial charge in [0.15, 0.2) is 11.5 Å². The smallest absolute Gasteiger partial charge is 0.244 e. The summed E-state index contributed by atoms with van der Waals surface area (Å²) in [6, 6.07) is 10.8. The molecule has 6 nitrogen and oxygen atoms in total. The number of rotatable bonds is 10. The second-order valence-corrected chi connectivity index (χ2v) is 6.34. The van der Waals surface area contributed by atoms with Crippen molar-refractivity contribution in [1.82, 2.24) is 5.43 Å². The molecule has 0 unspecified atom stereocenters. The van der Waals surface area contributed by atoms with E-state index in [4.69, 9.17) is 25.8 Å². The Hall–Kier alpha value is -2.73. The van der Waals surface area contributed by atoms with Crippen molar-refractivity contribution in [1.29, 1.82) is 0 Å². The van der Waals surface area contributed by atoms with Crippen molar-refractivity contribution in [2.75, 3.05) is 20.3 Å². The number of ether oxygens (including phenoxy) is 3. The Kier molecular flexibility index (Phi) is 8.62. The molecule has 2 aromatic carbocycles. The third-order valence-electron chi connectivity index (χ3n) is 3.71. The van der Waals surface area contributed by atoms with E-state index >= 15 is 0 Å². The van der Waals surface area contributed by atoms with Crippen LogP contribution in [-0.4, -0.2) is 32.4 Å². The van der Waals surface area contributed by atoms with Gasteiger partial charge in [-0.25, -0.2) is 5.43 Å². The van der Waals surface area contributed by atoms with Crippen LogP contribution in [0.2, 0.25) is 5.02 Å². The molecule has 0 aliphatic rings. The van der Waals surface area contributed by atoms with E-state index in [1.165, 1.54) is 6.21 Å². The van der Waals surface area contributed by atoms with Gasteiger partial charge in [0.05, 0.1) is 38.0 Å². The minimum Gasteiger partial charge on any atom is -0.497 e. The highest BCUT2D eigenvalue weighted by molar-refractivity contribution is 6.32. The van der Waals surface area contributed by atoms with Crippen LogP contribution in [0.3, 0.4) is 0 Å². The van der Waals surface area contributed by atoms with E-state index in [0.29, 0.717) is 35.3 Å². The SMILES string of the molecule is CCCOc1c(Cl)cc(/C=N\NC(=O)Cc2ccc(OC)cc2)cc1OCC. The first-order valence-electron chi connectivity index (χ1n) is 9.11. The summed E-state index contributed by atoms with van der Waals surface area (Å²) in [5.74, 6) is 1.59. The molecule has 0 spiro atoms. The summed E-state index contributed by atoms with van der Waals surface area (Å²) >= 11 is 6.32. The number of benzene rings is 2. The molecule has 0 fully saturated rings. The van der Waals surface area contributed by atoms with Crippen LogP contribution in [0.15, 0.2) is 41.5 Å². The van der Waals surface area contributed by atoms with E-state index in [1.807, 2.05) is 38.1 Å². The van der Waals surface area contributed by atoms with Gasteiger partial charge in [0.25, 0.3) is 0 Å². The molecule has 0 bridgehead atoms. The maximum absolute atomic E-state index is 12.0. The van der Waals surface area contributed by atoms with Crippen LogP contribution in [0.5, 0.6) is 17.2 Å². The van der Waals surface area contributed by atoms with Crippen molar-refractivity contribution in [3.63, 3.8) is 0 Å². The zero-order chi connectivity index (χ0) is 20.4. The van der Waals surface area contributed by atoms with E-state index in [-0.39, 0.29) is 12.3 Å². The molecule has 2 rings (SSSR count). The number of hydrogen-bond donors (Lipinski definition) is 1. The van der Waals surface area contributed by atoms with Crippen molar-refractivity contribution >= 4 is 23.7 Å². The summed E-state index contributed by atoms with van der Waals surface area (Å²) < 4.78 is 16.4. The predicted octanol–water partition coefficient (Wildman–Crippen LogP) is 4.23. The van der Waals surface area contributed by atoms with Gasteiger partial charge in [-0.3, -0.25) is 4.79 Å². The van der Waals surface area contributed by atoms with Gasteiger partial charge in [0.2, 0.25) is 5.91 Å². The Morgan fingerprint density at radius 2 is 1.93 bits per heavy atom. The fraction of sp³-hybridized carbons (Fsp3) is 0.333. The van der Waals surface area contributed by atoms with Crippen molar-refractivity contribution in [3.8, 4) is 17.2 Å². The second-order valence-electron chi connectivity index (χ2n) is 5.93. The van der Waals surface area contributed by atoms with E-state index in [2.05, 4.69) is 10.5 Å². The predicted molar refractivity (Wildman–Crippen MR) is 111 cm³/mol. The lowest BCUT2D eigenvalue weighted by Gasteiger charge is -2.13. The van der Waals surface area contributed by atoms with Gasteiger partial charge in [-0.1, -0.05) is 30.7 Å². The zero-order valence-electron chi connectivity index (χ0n) is 16.3. The third-order valence-corrected chi connectivity index (χ3v) is 3.99. The van der Waals surface area contributed by atoms with Crippen LogP contribution in [0.1, 0.15) is 31.4 Å². The Morgan fingerprint density at radius 1 is 1.18 bits per heavy atom. The largest absolute Gasteiger partial charge is 0.497 e. The Balaban J connectivity index is 2.00. The van der Waals surface area contributed by atoms with Crippen LogP contribution >= 0.6 is 11.6 Å². The molecule has 0 radical (unpaired) electrons. The lowest BCUT2D eigenvalue weighted by Crippen LogP contribution is -2.19. The topological polar surface area (TPSA) is 69.2 Å². The van der Waals surface area contributed by atoms with Crippen LogP contribution < -0.4 is 19.6 Å². The van der Waals surface area contributed by atoms with Gasteiger partial charge < -0.3 is 14.2 Å². The summed E-state index contributed by atoms with van der Waals surface area (Å²) in [5.41, 5.74) is 4.08. The number of hydrazone groups is 1. The monoisotopic (exact) mass is 404 g/mol. The van der Waals surface area contributed by atoms with E-state index < -0.39 is 0 Å². The molecule has 0 saturated heterocycles. The molecule has 0 aliphatic carbocycles. The van der Waals surface area contributed by atoms with E-state index in [0.717, 1.165) is 17.7 Å². The fourth-order valence-electron chi connectivity index (χ4n) is 2.42. The summed E-state index contributed by atoms with van der Waals surface area (Å²) in [6.45, 7) is 4.94. The van der Waals surface area contributed by atoms with Gasteiger partial charge in [0.1, 0.15) is 5.75 Å². The molecule has 7 heteroatoms. The molecule has 0 atom stereocenters. The number of halogens is 1. The highest BCUT2D eigenvalue weighted by Crippen LogP contribution is 2.36. The first-order chi connectivity index (χ1) is 13.6. The van der Waals surface area contributed by atoms with E-state index in [1.54, 1.807) is 19.2 Å². The molecule has 1 amide bonds. The van der Waals surface area contributed by atoms with Gasteiger partial charge in [-0.05, 0) is 48.7 Å². The highest BCUT2D eigenvalue weighted by Gasteiger charge is 2.12. The summed E-state index contributed by atoms with van der Waals surface area (Å²) in [7, 11) is 1.60. The van der Waals surface area contributed by atoms with Crippen LogP contribution in [0.25, 0.3) is 0 Å². The molecule has 0 aliphatic heterocycles. The standard InChI is InChI=1S/C21H25ClN2O4/c1-4-10-28-21-18(22)11-16(12-19(21)27-5-2)14-23-24-20(25)13-15-6-8-17(26-3)9-7-15/h6-9,11-12,14H,4-5,10,13H2,1-3H3,(H,24,25)/b23-14-. The van der Waals surface area contributed by atoms with E-state index in [9.17, 15) is 4.79 Å². The quantitative estimate of drug-likeness (QED) is 0.475. The summed E-state index contributed by atoms with van der Waals surface area (Å²) in [4.78, 5) is 12.0. The van der Waals surface area contributed by atoms with Gasteiger partial charge in [-0.2, -0.15) is 5.10 Å². The Morgan fingerprint density at radius 3 is 2.57 bits per heavy atom. The summed E-state index contributed by atoms with van der Waals surface area (Å²) in [6.07, 6.45) is 2.60. The fourth-order valence-corrected chi connectivity index (χ4v) is 2.69. The maximum atomic E-state index is 12.0. The molecule has 150 valence electrons. The molecule has 0 saturated carbocycles. The van der Waals surface area contributed by atoms with Crippen molar-refractivity contribution in [3.05, 3.63) is 52.5 Å². The number of carbonyl (C=O) groups excluding carboxylic acids is 1. The molecular formula is C21H25ClN2O4. The first kappa shape index (κ1) is 21.6. The molecular weight excluding hydrogens is 380 g/mol. The maximum Gasteiger partial charge on any atom is 0.244 e. The average Bonchev–Trinajstić information content (AvgIpc) is 2.68. The molecule has 1 N–H and O–H groups in total. The Labute approximate surface area is 170 Å². The average molecular weight is 405 g/mol. The lowest BCUT2D eigenvalue weighted by molar-refractivity contribution is -0.120. The minimum absolute atomic E-state index is 0.218. The minimum atomic E-state index is -0.222. The molecule has 28 heavy (non-hydrogen) atoms. The normalized spacial score (nSPS) is 10.7. The number of carbonyl (C=O) groups is 1. The van der Waals surface area contributed by atoms with Gasteiger partial charge in [-0.15, -0.1) is 0 Å². The van der Waals surface area contributed by atoms with Gasteiger partial charge in [0, 0.05) is 0 Å². The number of methoxy groups -OCH3 is 1. The molecule has 0 heterocycles. The lowest BCUT2D eigenvalue weighted by atomic mass is 10.1. The Bertz CT molecular complexity index is 807. The van der Waals surface area contributed by atoms with Crippen molar-refractivity contribution in [2.24, 2.45) is 5.10 Å². The molecule has 2 aromatic rings. The first-order valence-corrected chi connectivity index (χ1v) is 9.49. The number of nitrogens with one attached hydrogen (secondary N) is 1. The summed E-state index contributed by atoms with van der Waals surface area (Å²) in [5, 5.41) is 4.44. The molecule has 0 aromatic heterocycles. The third kappa shape index (κ3) is 6.46.